The third-order valence-corrected chi connectivity index (χ3v) is 3.87. The van der Waals surface area contributed by atoms with Crippen molar-refractivity contribution in [2.45, 2.75) is 12.5 Å². The van der Waals surface area contributed by atoms with Crippen molar-refractivity contribution in [1.29, 1.82) is 5.26 Å². The molecular formula is C16H15NO. The maximum Gasteiger partial charge on any atom is 0.0991 e. The maximum atomic E-state index is 8.78. The van der Waals surface area contributed by atoms with Crippen LogP contribution < -0.4 is 0 Å². The van der Waals surface area contributed by atoms with E-state index in [4.69, 9.17) is 10.00 Å². The summed E-state index contributed by atoms with van der Waals surface area (Å²) in [7, 11) is 1.79. The Labute approximate surface area is 107 Å². The molecule has 2 bridgehead atoms. The third kappa shape index (κ3) is 1.77. The van der Waals surface area contributed by atoms with Gasteiger partial charge >= 0.3 is 0 Å². The smallest absolute Gasteiger partial charge is 0.0991 e. The van der Waals surface area contributed by atoms with Crippen molar-refractivity contribution in [3.63, 3.8) is 0 Å². The van der Waals surface area contributed by atoms with Crippen molar-refractivity contribution in [2.24, 2.45) is 11.8 Å². The first kappa shape index (κ1) is 11.3. The zero-order valence-corrected chi connectivity index (χ0v) is 10.3. The number of nitrogens with zero attached hydrogens (tertiary/aromatic N) is 1. The van der Waals surface area contributed by atoms with E-state index in [1.165, 1.54) is 11.1 Å². The lowest BCUT2D eigenvalue weighted by atomic mass is 9.94. The van der Waals surface area contributed by atoms with Crippen LogP contribution >= 0.6 is 0 Å². The topological polar surface area (TPSA) is 33.0 Å². The minimum atomic E-state index is 0.304. The highest BCUT2D eigenvalue weighted by Crippen LogP contribution is 2.41. The lowest BCUT2D eigenvalue weighted by Crippen LogP contribution is -2.19. The molecule has 3 atom stereocenters. The van der Waals surface area contributed by atoms with Crippen molar-refractivity contribution < 1.29 is 4.74 Å². The van der Waals surface area contributed by atoms with Gasteiger partial charge in [-0.05, 0) is 24.1 Å². The molecular weight excluding hydrogens is 222 g/mol. The molecule has 0 heterocycles. The monoisotopic (exact) mass is 237 g/mol. The Morgan fingerprint density at radius 3 is 2.61 bits per heavy atom. The Kier molecular flexibility index (Phi) is 2.77. The van der Waals surface area contributed by atoms with Crippen LogP contribution in [0.1, 0.15) is 11.1 Å². The second-order valence-corrected chi connectivity index (χ2v) is 4.92. The highest BCUT2D eigenvalue weighted by molar-refractivity contribution is 5.39. The largest absolute Gasteiger partial charge is 0.380 e. The summed E-state index contributed by atoms with van der Waals surface area (Å²) >= 11 is 0. The second-order valence-electron chi connectivity index (χ2n) is 4.92. The average Bonchev–Trinajstić information content (AvgIpc) is 2.96. The van der Waals surface area contributed by atoms with Gasteiger partial charge in [0, 0.05) is 18.9 Å². The Bertz CT molecular complexity index is 547. The van der Waals surface area contributed by atoms with Crippen molar-refractivity contribution in [2.75, 3.05) is 7.11 Å². The highest BCUT2D eigenvalue weighted by Gasteiger charge is 2.38. The van der Waals surface area contributed by atoms with Gasteiger partial charge in [0.2, 0.25) is 0 Å². The predicted molar refractivity (Wildman–Crippen MR) is 69.9 cm³/mol. The van der Waals surface area contributed by atoms with E-state index in [9.17, 15) is 0 Å². The minimum absolute atomic E-state index is 0.304. The zero-order chi connectivity index (χ0) is 12.5. The van der Waals surface area contributed by atoms with Crippen LogP contribution in [0, 0.1) is 23.2 Å². The number of hydrogen-bond acceptors (Lipinski definition) is 2. The van der Waals surface area contributed by atoms with Crippen molar-refractivity contribution >= 4 is 0 Å². The van der Waals surface area contributed by atoms with E-state index >= 15 is 0 Å². The summed E-state index contributed by atoms with van der Waals surface area (Å²) in [5.41, 5.74) is 3.42. The predicted octanol–water partition coefficient (Wildman–Crippen LogP) is 2.86. The number of hydrogen-bond donors (Lipinski definition) is 0. The molecule has 1 aromatic rings. The molecule has 0 unspecified atom stereocenters. The van der Waals surface area contributed by atoms with Crippen LogP contribution in [0.15, 0.2) is 48.1 Å². The van der Waals surface area contributed by atoms with Crippen molar-refractivity contribution in [1.82, 2.24) is 0 Å². The van der Waals surface area contributed by atoms with E-state index in [-0.39, 0.29) is 0 Å². The van der Waals surface area contributed by atoms with Gasteiger partial charge in [0.25, 0.3) is 0 Å². The molecule has 2 heteroatoms. The first-order valence-corrected chi connectivity index (χ1v) is 6.22. The van der Waals surface area contributed by atoms with Gasteiger partial charge in [-0.15, -0.1) is 0 Å². The van der Waals surface area contributed by atoms with Gasteiger partial charge in [0.1, 0.15) is 0 Å². The molecule has 1 aromatic carbocycles. The molecule has 2 aliphatic carbocycles. The molecule has 3 rings (SSSR count). The van der Waals surface area contributed by atoms with Gasteiger partial charge in [-0.25, -0.2) is 0 Å². The van der Waals surface area contributed by atoms with Gasteiger partial charge in [0.05, 0.1) is 17.7 Å². The van der Waals surface area contributed by atoms with E-state index < -0.39 is 0 Å². The molecule has 0 aromatic heterocycles. The quantitative estimate of drug-likeness (QED) is 0.757. The number of fused-ring (bicyclic) bond motifs is 2. The molecule has 90 valence electrons. The number of benzene rings is 1. The Balaban J connectivity index is 1.75. The number of methoxy groups -OCH3 is 1. The molecule has 0 aliphatic heterocycles. The summed E-state index contributed by atoms with van der Waals surface area (Å²) in [6, 6.07) is 9.99. The van der Waals surface area contributed by atoms with Gasteiger partial charge in [0.15, 0.2) is 0 Å². The summed E-state index contributed by atoms with van der Waals surface area (Å²) in [6.45, 7) is 0. The van der Waals surface area contributed by atoms with E-state index in [0.29, 0.717) is 17.9 Å². The second kappa shape index (κ2) is 4.44. The summed E-state index contributed by atoms with van der Waals surface area (Å²) in [5, 5.41) is 8.78. The fourth-order valence-corrected chi connectivity index (χ4v) is 2.96. The average molecular weight is 237 g/mol. The van der Waals surface area contributed by atoms with Crippen LogP contribution in [0.4, 0.5) is 0 Å². The van der Waals surface area contributed by atoms with Crippen LogP contribution in [0.3, 0.4) is 0 Å². The third-order valence-electron chi connectivity index (χ3n) is 3.87. The molecule has 0 N–H and O–H groups in total. The number of ether oxygens (including phenoxy) is 1. The van der Waals surface area contributed by atoms with Gasteiger partial charge in [-0.1, -0.05) is 35.9 Å². The fraction of sp³-hybridized carbons (Fsp3) is 0.312. The van der Waals surface area contributed by atoms with E-state index in [2.05, 4.69) is 24.3 Å². The zero-order valence-electron chi connectivity index (χ0n) is 10.3. The van der Waals surface area contributed by atoms with E-state index in [1.807, 2.05) is 24.3 Å². The number of rotatable bonds is 3. The van der Waals surface area contributed by atoms with Gasteiger partial charge in [-0.2, -0.15) is 5.26 Å². The standard InChI is InChI=1S/C16H15NO/c1-18-16-13-6-7-15(16)14(9-13)8-11-2-4-12(10-17)5-3-11/h2-7,9,13,15-16H,8H2,1H3/t13-,15+,16+/m0/s1. The molecule has 0 saturated carbocycles. The Morgan fingerprint density at radius 1 is 1.22 bits per heavy atom. The molecule has 0 radical (unpaired) electrons. The molecule has 2 aliphatic rings. The maximum absolute atomic E-state index is 8.78. The summed E-state index contributed by atoms with van der Waals surface area (Å²) in [4.78, 5) is 0. The normalized spacial score (nSPS) is 28.2. The molecule has 2 nitrogen and oxygen atoms in total. The minimum Gasteiger partial charge on any atom is -0.380 e. The van der Waals surface area contributed by atoms with Crippen LogP contribution in [-0.2, 0) is 11.2 Å². The van der Waals surface area contributed by atoms with E-state index in [1.54, 1.807) is 7.11 Å². The van der Waals surface area contributed by atoms with Crippen LogP contribution in [0.25, 0.3) is 0 Å². The highest BCUT2D eigenvalue weighted by atomic mass is 16.5. The SMILES string of the molecule is CO[C@@H]1[C@H]2C=C[C@@H]1C(Cc1ccc(C#N)cc1)=C2. The number of nitriles is 1. The molecule has 18 heavy (non-hydrogen) atoms. The molecule has 0 saturated heterocycles. The van der Waals surface area contributed by atoms with Crippen LogP contribution in [-0.4, -0.2) is 13.2 Å². The van der Waals surface area contributed by atoms with Crippen molar-refractivity contribution in [3.05, 3.63) is 59.2 Å². The van der Waals surface area contributed by atoms with Gasteiger partial charge < -0.3 is 4.74 Å². The molecule has 0 amide bonds. The summed E-state index contributed by atoms with van der Waals surface area (Å²) < 4.78 is 5.54. The summed E-state index contributed by atoms with van der Waals surface area (Å²) in [5.74, 6) is 0.893. The lowest BCUT2D eigenvalue weighted by Gasteiger charge is -2.16. The van der Waals surface area contributed by atoms with Gasteiger partial charge in [-0.3, -0.25) is 0 Å². The first-order chi connectivity index (χ1) is 8.81. The molecule has 0 fully saturated rings. The van der Waals surface area contributed by atoms with Crippen LogP contribution in [0.5, 0.6) is 0 Å². The van der Waals surface area contributed by atoms with Crippen LogP contribution in [0.2, 0.25) is 0 Å². The first-order valence-electron chi connectivity index (χ1n) is 6.22. The van der Waals surface area contributed by atoms with E-state index in [0.717, 1.165) is 12.0 Å². The Hall–Kier alpha value is -1.85. The lowest BCUT2D eigenvalue weighted by molar-refractivity contribution is 0.0778. The van der Waals surface area contributed by atoms with Crippen molar-refractivity contribution in [3.8, 4) is 6.07 Å². The molecule has 0 spiro atoms. The fourth-order valence-electron chi connectivity index (χ4n) is 2.96. The Morgan fingerprint density at radius 2 is 2.00 bits per heavy atom. The summed E-state index contributed by atoms with van der Waals surface area (Å²) in [6.07, 6.45) is 8.09.